The van der Waals surface area contributed by atoms with Crippen molar-refractivity contribution in [2.75, 3.05) is 0 Å². The molecule has 1 aliphatic carbocycles. The van der Waals surface area contributed by atoms with Crippen molar-refractivity contribution in [3.05, 3.63) is 70.8 Å². The highest BCUT2D eigenvalue weighted by atomic mass is 16.3. The quantitative estimate of drug-likeness (QED) is 0.805. The van der Waals surface area contributed by atoms with Crippen LogP contribution < -0.4 is 0 Å². The Labute approximate surface area is 108 Å². The standard InChI is InChI=1S/C17H18O/c1-12-6-5-8-14(10-12)17(2)11-13-7-3-4-9-15(13)16(17)18/h3-10,16,18H,11H2,1-2H3. The van der Waals surface area contributed by atoms with Crippen molar-refractivity contribution in [2.24, 2.45) is 0 Å². The summed E-state index contributed by atoms with van der Waals surface area (Å²) in [6.07, 6.45) is 0.504. The number of hydrogen-bond donors (Lipinski definition) is 1. The van der Waals surface area contributed by atoms with E-state index < -0.39 is 6.10 Å². The monoisotopic (exact) mass is 238 g/mol. The first-order valence-electron chi connectivity index (χ1n) is 6.44. The van der Waals surface area contributed by atoms with Gasteiger partial charge in [-0.25, -0.2) is 0 Å². The zero-order valence-corrected chi connectivity index (χ0v) is 10.9. The Kier molecular flexibility index (Phi) is 2.53. The van der Waals surface area contributed by atoms with Crippen molar-refractivity contribution in [3.8, 4) is 0 Å². The molecule has 0 amide bonds. The van der Waals surface area contributed by atoms with Crippen LogP contribution in [-0.4, -0.2) is 5.11 Å². The summed E-state index contributed by atoms with van der Waals surface area (Å²) in [4.78, 5) is 0. The molecule has 0 saturated carbocycles. The van der Waals surface area contributed by atoms with Gasteiger partial charge in [-0.05, 0) is 30.0 Å². The van der Waals surface area contributed by atoms with Gasteiger partial charge >= 0.3 is 0 Å². The molecule has 1 N–H and O–H groups in total. The first kappa shape index (κ1) is 11.5. The molecule has 0 aromatic heterocycles. The third kappa shape index (κ3) is 1.58. The molecule has 0 bridgehead atoms. The molecule has 0 aliphatic heterocycles. The molecule has 0 fully saturated rings. The average Bonchev–Trinajstić information content (AvgIpc) is 2.64. The Hall–Kier alpha value is -1.60. The number of aliphatic hydroxyl groups is 1. The number of rotatable bonds is 1. The largest absolute Gasteiger partial charge is 0.387 e. The fourth-order valence-corrected chi connectivity index (χ4v) is 3.06. The maximum Gasteiger partial charge on any atom is 0.0889 e. The van der Waals surface area contributed by atoms with Gasteiger partial charge in [0.25, 0.3) is 0 Å². The molecule has 3 rings (SSSR count). The lowest BCUT2D eigenvalue weighted by atomic mass is 9.77. The van der Waals surface area contributed by atoms with Crippen LogP contribution in [0.1, 0.15) is 35.3 Å². The van der Waals surface area contributed by atoms with E-state index in [2.05, 4.69) is 44.2 Å². The average molecular weight is 238 g/mol. The fraction of sp³-hybridized carbons (Fsp3) is 0.294. The Morgan fingerprint density at radius 1 is 1.11 bits per heavy atom. The van der Waals surface area contributed by atoms with E-state index in [9.17, 15) is 5.11 Å². The number of aliphatic hydroxyl groups excluding tert-OH is 1. The van der Waals surface area contributed by atoms with E-state index in [0.29, 0.717) is 0 Å². The molecule has 2 aromatic rings. The molecular formula is C17H18O. The predicted molar refractivity (Wildman–Crippen MR) is 73.6 cm³/mol. The first-order chi connectivity index (χ1) is 8.61. The molecule has 92 valence electrons. The zero-order valence-electron chi connectivity index (χ0n) is 10.9. The Balaban J connectivity index is 2.09. The second-order valence-electron chi connectivity index (χ2n) is 5.57. The van der Waals surface area contributed by atoms with Crippen LogP contribution >= 0.6 is 0 Å². The van der Waals surface area contributed by atoms with Gasteiger partial charge in [0, 0.05) is 5.41 Å². The Morgan fingerprint density at radius 3 is 2.61 bits per heavy atom. The topological polar surface area (TPSA) is 20.2 Å². The molecule has 1 heteroatoms. The van der Waals surface area contributed by atoms with Crippen LogP contribution in [-0.2, 0) is 11.8 Å². The molecule has 1 aliphatic rings. The highest BCUT2D eigenvalue weighted by Crippen LogP contribution is 2.47. The van der Waals surface area contributed by atoms with Gasteiger partial charge in [-0.3, -0.25) is 0 Å². The van der Waals surface area contributed by atoms with E-state index in [4.69, 9.17) is 0 Å². The summed E-state index contributed by atoms with van der Waals surface area (Å²) in [6.45, 7) is 4.26. The second kappa shape index (κ2) is 3.96. The van der Waals surface area contributed by atoms with Crippen LogP contribution in [0.15, 0.2) is 48.5 Å². The molecule has 0 saturated heterocycles. The van der Waals surface area contributed by atoms with Crippen LogP contribution in [0.25, 0.3) is 0 Å². The minimum absolute atomic E-state index is 0.199. The number of benzene rings is 2. The van der Waals surface area contributed by atoms with Gasteiger partial charge < -0.3 is 5.11 Å². The van der Waals surface area contributed by atoms with Gasteiger partial charge in [0.05, 0.1) is 6.10 Å². The molecule has 0 radical (unpaired) electrons. The lowest BCUT2D eigenvalue weighted by molar-refractivity contribution is 0.105. The number of aryl methyl sites for hydroxylation is 1. The summed E-state index contributed by atoms with van der Waals surface area (Å²) >= 11 is 0. The van der Waals surface area contributed by atoms with Crippen LogP contribution in [0.5, 0.6) is 0 Å². The maximum atomic E-state index is 10.6. The number of hydrogen-bond acceptors (Lipinski definition) is 1. The van der Waals surface area contributed by atoms with Gasteiger partial charge in [-0.1, -0.05) is 61.0 Å². The normalized spacial score (nSPS) is 26.1. The number of fused-ring (bicyclic) bond motifs is 1. The minimum Gasteiger partial charge on any atom is -0.387 e. The highest BCUT2D eigenvalue weighted by molar-refractivity contribution is 5.44. The van der Waals surface area contributed by atoms with Crippen LogP contribution in [0.3, 0.4) is 0 Å². The summed E-state index contributed by atoms with van der Waals surface area (Å²) in [7, 11) is 0. The summed E-state index contributed by atoms with van der Waals surface area (Å²) in [5, 5.41) is 10.6. The van der Waals surface area contributed by atoms with E-state index in [1.165, 1.54) is 16.7 Å². The van der Waals surface area contributed by atoms with Gasteiger partial charge in [-0.2, -0.15) is 0 Å². The molecule has 2 aromatic carbocycles. The summed E-state index contributed by atoms with van der Waals surface area (Å²) in [5.41, 5.74) is 4.63. The van der Waals surface area contributed by atoms with Crippen molar-refractivity contribution in [1.29, 1.82) is 0 Å². The molecule has 18 heavy (non-hydrogen) atoms. The van der Waals surface area contributed by atoms with Crippen LogP contribution in [0.4, 0.5) is 0 Å². The van der Waals surface area contributed by atoms with Gasteiger partial charge in [-0.15, -0.1) is 0 Å². The predicted octanol–water partition coefficient (Wildman–Crippen LogP) is 3.54. The van der Waals surface area contributed by atoms with Crippen molar-refractivity contribution in [3.63, 3.8) is 0 Å². The van der Waals surface area contributed by atoms with Crippen LogP contribution in [0, 0.1) is 6.92 Å². The second-order valence-corrected chi connectivity index (χ2v) is 5.57. The van der Waals surface area contributed by atoms with E-state index in [1.54, 1.807) is 0 Å². The zero-order chi connectivity index (χ0) is 12.8. The van der Waals surface area contributed by atoms with E-state index >= 15 is 0 Å². The summed E-state index contributed by atoms with van der Waals surface area (Å²) in [6, 6.07) is 16.7. The fourth-order valence-electron chi connectivity index (χ4n) is 3.06. The van der Waals surface area contributed by atoms with Gasteiger partial charge in [0.15, 0.2) is 0 Å². The van der Waals surface area contributed by atoms with Gasteiger partial charge in [0.1, 0.15) is 0 Å². The molecule has 0 spiro atoms. The molecule has 1 nitrogen and oxygen atoms in total. The van der Waals surface area contributed by atoms with Crippen LogP contribution in [0.2, 0.25) is 0 Å². The van der Waals surface area contributed by atoms with Crippen molar-refractivity contribution in [1.82, 2.24) is 0 Å². The third-order valence-corrected chi connectivity index (χ3v) is 4.19. The van der Waals surface area contributed by atoms with Gasteiger partial charge in [0.2, 0.25) is 0 Å². The lowest BCUT2D eigenvalue weighted by Gasteiger charge is -2.29. The van der Waals surface area contributed by atoms with E-state index in [1.807, 2.05) is 18.2 Å². The Morgan fingerprint density at radius 2 is 1.89 bits per heavy atom. The molecular weight excluding hydrogens is 220 g/mol. The van der Waals surface area contributed by atoms with E-state index in [0.717, 1.165) is 12.0 Å². The van der Waals surface area contributed by atoms with Crippen molar-refractivity contribution < 1.29 is 5.11 Å². The molecule has 2 atom stereocenters. The van der Waals surface area contributed by atoms with E-state index in [-0.39, 0.29) is 5.41 Å². The summed E-state index contributed by atoms with van der Waals surface area (Å²) < 4.78 is 0. The van der Waals surface area contributed by atoms with Crippen molar-refractivity contribution in [2.45, 2.75) is 31.8 Å². The highest BCUT2D eigenvalue weighted by Gasteiger charge is 2.42. The maximum absolute atomic E-state index is 10.6. The third-order valence-electron chi connectivity index (χ3n) is 4.19. The molecule has 2 unspecified atom stereocenters. The van der Waals surface area contributed by atoms with Crippen molar-refractivity contribution >= 4 is 0 Å². The SMILES string of the molecule is Cc1cccc(C2(C)Cc3ccccc3C2O)c1. The first-order valence-corrected chi connectivity index (χ1v) is 6.44. The minimum atomic E-state index is -0.407. The smallest absolute Gasteiger partial charge is 0.0889 e. The molecule has 0 heterocycles. The lowest BCUT2D eigenvalue weighted by Crippen LogP contribution is -2.27. The Bertz CT molecular complexity index is 588. The summed E-state index contributed by atoms with van der Waals surface area (Å²) in [5.74, 6) is 0.